The number of carbonyl (C=O) groups excluding carboxylic acids is 1. The summed E-state index contributed by atoms with van der Waals surface area (Å²) in [4.78, 5) is 15.9. The van der Waals surface area contributed by atoms with Gasteiger partial charge in [-0.25, -0.2) is 18.2 Å². The predicted octanol–water partition coefficient (Wildman–Crippen LogP) is 2.34. The number of rotatable bonds is 8. The average Bonchev–Trinajstić information content (AvgIpc) is 2.69. The summed E-state index contributed by atoms with van der Waals surface area (Å²) in [5.41, 5.74) is 3.68. The SMILES string of the molecule is CCN(CC)S(=O)(=O)c1ccc(N/N=C\c2ccccc2C(=O)OC)nc1. The van der Waals surface area contributed by atoms with E-state index >= 15 is 0 Å². The van der Waals surface area contributed by atoms with Crippen LogP contribution in [0.3, 0.4) is 0 Å². The van der Waals surface area contributed by atoms with Gasteiger partial charge >= 0.3 is 5.97 Å². The zero-order valence-electron chi connectivity index (χ0n) is 15.4. The van der Waals surface area contributed by atoms with Crippen molar-refractivity contribution in [1.82, 2.24) is 9.29 Å². The molecule has 0 saturated carbocycles. The Balaban J connectivity index is 2.12. The maximum Gasteiger partial charge on any atom is 0.338 e. The van der Waals surface area contributed by atoms with Gasteiger partial charge in [0.05, 0.1) is 18.9 Å². The number of sulfonamides is 1. The third-order valence-electron chi connectivity index (χ3n) is 3.83. The van der Waals surface area contributed by atoms with Crippen molar-refractivity contribution in [2.75, 3.05) is 25.6 Å². The topological polar surface area (TPSA) is 101 Å². The van der Waals surface area contributed by atoms with E-state index in [1.165, 1.54) is 36.0 Å². The Morgan fingerprint density at radius 1 is 1.22 bits per heavy atom. The van der Waals surface area contributed by atoms with Crippen LogP contribution in [-0.4, -0.2) is 50.1 Å². The smallest absolute Gasteiger partial charge is 0.338 e. The van der Waals surface area contributed by atoms with E-state index in [4.69, 9.17) is 4.74 Å². The summed E-state index contributed by atoms with van der Waals surface area (Å²) < 4.78 is 30.9. The Morgan fingerprint density at radius 3 is 2.52 bits per heavy atom. The lowest BCUT2D eigenvalue weighted by Crippen LogP contribution is -2.30. The molecule has 0 amide bonds. The highest BCUT2D eigenvalue weighted by atomic mass is 32.2. The second-order valence-electron chi connectivity index (χ2n) is 5.42. The van der Waals surface area contributed by atoms with Crippen LogP contribution in [0.5, 0.6) is 0 Å². The normalized spacial score (nSPS) is 11.7. The highest BCUT2D eigenvalue weighted by Gasteiger charge is 2.21. The second kappa shape index (κ2) is 9.24. The van der Waals surface area contributed by atoms with Crippen LogP contribution in [0.1, 0.15) is 29.8 Å². The van der Waals surface area contributed by atoms with Crippen molar-refractivity contribution in [2.24, 2.45) is 5.10 Å². The van der Waals surface area contributed by atoms with Gasteiger partial charge < -0.3 is 4.74 Å². The van der Waals surface area contributed by atoms with Crippen LogP contribution in [0.2, 0.25) is 0 Å². The molecule has 0 aliphatic rings. The van der Waals surface area contributed by atoms with Crippen LogP contribution < -0.4 is 5.43 Å². The number of hydrazone groups is 1. The van der Waals surface area contributed by atoms with Crippen molar-refractivity contribution in [3.8, 4) is 0 Å². The Labute approximate surface area is 158 Å². The summed E-state index contributed by atoms with van der Waals surface area (Å²) in [6.07, 6.45) is 2.75. The molecule has 2 aromatic rings. The quantitative estimate of drug-likeness (QED) is 0.422. The molecule has 0 unspecified atom stereocenters. The van der Waals surface area contributed by atoms with Gasteiger partial charge in [0, 0.05) is 24.8 Å². The maximum absolute atomic E-state index is 12.4. The number of hydrogen-bond donors (Lipinski definition) is 1. The molecule has 0 bridgehead atoms. The summed E-state index contributed by atoms with van der Waals surface area (Å²) >= 11 is 0. The summed E-state index contributed by atoms with van der Waals surface area (Å²) in [7, 11) is -2.23. The number of carbonyl (C=O) groups is 1. The van der Waals surface area contributed by atoms with Crippen LogP contribution in [-0.2, 0) is 14.8 Å². The lowest BCUT2D eigenvalue weighted by Gasteiger charge is -2.18. The lowest BCUT2D eigenvalue weighted by atomic mass is 10.1. The number of anilines is 1. The van der Waals surface area contributed by atoms with Crippen molar-refractivity contribution in [3.05, 3.63) is 53.7 Å². The summed E-state index contributed by atoms with van der Waals surface area (Å²) in [5, 5.41) is 4.04. The van der Waals surface area contributed by atoms with Gasteiger partial charge in [-0.2, -0.15) is 9.41 Å². The first-order chi connectivity index (χ1) is 12.9. The van der Waals surface area contributed by atoms with Crippen LogP contribution in [0, 0.1) is 0 Å². The van der Waals surface area contributed by atoms with Crippen molar-refractivity contribution in [3.63, 3.8) is 0 Å². The number of hydrogen-bond acceptors (Lipinski definition) is 7. The van der Waals surface area contributed by atoms with Crippen molar-refractivity contribution >= 4 is 28.0 Å². The summed E-state index contributed by atoms with van der Waals surface area (Å²) in [6, 6.07) is 9.87. The van der Waals surface area contributed by atoms with E-state index in [0.717, 1.165) is 0 Å². The fraction of sp³-hybridized carbons (Fsp3) is 0.278. The molecular formula is C18H22N4O4S. The molecule has 0 saturated heterocycles. The van der Waals surface area contributed by atoms with Crippen molar-refractivity contribution in [1.29, 1.82) is 0 Å². The summed E-state index contributed by atoms with van der Waals surface area (Å²) in [6.45, 7) is 4.35. The Kier molecular flexibility index (Phi) is 7.03. The van der Waals surface area contributed by atoms with Gasteiger partial charge in [0.15, 0.2) is 0 Å². The predicted molar refractivity (Wildman–Crippen MR) is 103 cm³/mol. The minimum atomic E-state index is -3.55. The first-order valence-corrected chi connectivity index (χ1v) is 9.80. The van der Waals surface area contributed by atoms with E-state index < -0.39 is 16.0 Å². The number of nitrogens with one attached hydrogen (secondary N) is 1. The van der Waals surface area contributed by atoms with Gasteiger partial charge in [0.1, 0.15) is 10.7 Å². The molecule has 0 aliphatic carbocycles. The van der Waals surface area contributed by atoms with Crippen LogP contribution in [0.4, 0.5) is 5.82 Å². The number of ether oxygens (including phenoxy) is 1. The molecule has 1 heterocycles. The fourth-order valence-electron chi connectivity index (χ4n) is 2.39. The molecule has 0 atom stereocenters. The molecular weight excluding hydrogens is 368 g/mol. The third kappa shape index (κ3) is 4.89. The molecule has 0 radical (unpaired) electrons. The van der Waals surface area contributed by atoms with E-state index in [0.29, 0.717) is 30.0 Å². The van der Waals surface area contributed by atoms with Crippen LogP contribution in [0.15, 0.2) is 52.6 Å². The van der Waals surface area contributed by atoms with E-state index in [9.17, 15) is 13.2 Å². The van der Waals surface area contributed by atoms with Gasteiger partial charge in [0.25, 0.3) is 0 Å². The molecule has 0 aliphatic heterocycles. The minimum absolute atomic E-state index is 0.122. The number of benzene rings is 1. The lowest BCUT2D eigenvalue weighted by molar-refractivity contribution is 0.0600. The minimum Gasteiger partial charge on any atom is -0.465 e. The molecule has 144 valence electrons. The summed E-state index contributed by atoms with van der Waals surface area (Å²) in [5.74, 6) is -0.0820. The zero-order chi connectivity index (χ0) is 19.9. The number of pyridine rings is 1. The van der Waals surface area contributed by atoms with Gasteiger partial charge in [-0.05, 0) is 18.2 Å². The second-order valence-corrected chi connectivity index (χ2v) is 7.36. The van der Waals surface area contributed by atoms with E-state index in [-0.39, 0.29) is 4.90 Å². The Morgan fingerprint density at radius 2 is 1.93 bits per heavy atom. The largest absolute Gasteiger partial charge is 0.465 e. The molecule has 9 heteroatoms. The monoisotopic (exact) mass is 390 g/mol. The zero-order valence-corrected chi connectivity index (χ0v) is 16.2. The van der Waals surface area contributed by atoms with Crippen LogP contribution >= 0.6 is 0 Å². The first-order valence-electron chi connectivity index (χ1n) is 8.36. The molecule has 8 nitrogen and oxygen atoms in total. The third-order valence-corrected chi connectivity index (χ3v) is 5.86. The average molecular weight is 390 g/mol. The first kappa shape index (κ1) is 20.5. The van der Waals surface area contributed by atoms with Crippen molar-refractivity contribution < 1.29 is 17.9 Å². The molecule has 1 aromatic carbocycles. The molecule has 27 heavy (non-hydrogen) atoms. The Hall–Kier alpha value is -2.78. The van der Waals surface area contributed by atoms with Crippen molar-refractivity contribution in [2.45, 2.75) is 18.7 Å². The highest BCUT2D eigenvalue weighted by molar-refractivity contribution is 7.89. The molecule has 1 aromatic heterocycles. The molecule has 0 fully saturated rings. The van der Waals surface area contributed by atoms with Crippen LogP contribution in [0.25, 0.3) is 0 Å². The van der Waals surface area contributed by atoms with Gasteiger partial charge in [-0.15, -0.1) is 0 Å². The van der Waals surface area contributed by atoms with Gasteiger partial charge in [-0.3, -0.25) is 5.43 Å². The molecule has 1 N–H and O–H groups in total. The van der Waals surface area contributed by atoms with E-state index in [2.05, 4.69) is 15.5 Å². The number of aromatic nitrogens is 1. The number of methoxy groups -OCH3 is 1. The van der Waals surface area contributed by atoms with E-state index in [1.807, 2.05) is 0 Å². The maximum atomic E-state index is 12.4. The fourth-order valence-corrected chi connectivity index (χ4v) is 3.79. The molecule has 0 spiro atoms. The number of nitrogens with zero attached hydrogens (tertiary/aromatic N) is 3. The van der Waals surface area contributed by atoms with E-state index in [1.54, 1.807) is 38.1 Å². The standard InChI is InChI=1S/C18H22N4O4S/c1-4-22(5-2)27(24,25)15-10-11-17(19-13-15)21-20-12-14-8-6-7-9-16(14)18(23)26-3/h6-13H,4-5H2,1-3H3,(H,19,21)/b20-12-. The molecule has 2 rings (SSSR count). The Bertz CT molecular complexity index is 907. The van der Waals surface area contributed by atoms with Gasteiger partial charge in [-0.1, -0.05) is 32.0 Å². The number of esters is 1. The highest BCUT2D eigenvalue weighted by Crippen LogP contribution is 2.16. The van der Waals surface area contributed by atoms with Gasteiger partial charge in [0.2, 0.25) is 10.0 Å².